The Bertz CT molecular complexity index is 1850. The highest BCUT2D eigenvalue weighted by Gasteiger charge is 2.44. The fraction of sp³-hybridized carbons (Fsp3) is 0.434. The molecule has 53 heavy (non-hydrogen) atoms. The van der Waals surface area contributed by atoms with Gasteiger partial charge in [0.2, 0.25) is 0 Å². The maximum absolute atomic E-state index is 2.64. The molecule has 1 aliphatic carbocycles. The molecule has 0 aromatic heterocycles. The molecule has 0 aliphatic heterocycles. The SMILES string of the molecule is CCCCCCc1cc(CCCCCC)cc(C2(CCCCc3ccc(-c4ccc(C(C)(C)C)cc4)cc3)c3cc(C)ccc3-c3ccc(C)cc32)c1. The summed E-state index contributed by atoms with van der Waals surface area (Å²) in [6.45, 7) is 16.1. The fourth-order valence-corrected chi connectivity index (χ4v) is 8.92. The first-order valence-corrected chi connectivity index (χ1v) is 21.2. The summed E-state index contributed by atoms with van der Waals surface area (Å²) < 4.78 is 0. The number of aryl methyl sites for hydroxylation is 5. The van der Waals surface area contributed by atoms with Gasteiger partial charge in [0, 0.05) is 5.41 Å². The normalized spacial score (nSPS) is 13.3. The zero-order valence-corrected chi connectivity index (χ0v) is 34.2. The molecule has 0 fully saturated rings. The number of hydrogen-bond donors (Lipinski definition) is 0. The van der Waals surface area contributed by atoms with Gasteiger partial charge in [0.25, 0.3) is 0 Å². The summed E-state index contributed by atoms with van der Waals surface area (Å²) in [6.07, 6.45) is 17.4. The van der Waals surface area contributed by atoms with Crippen molar-refractivity contribution < 1.29 is 0 Å². The van der Waals surface area contributed by atoms with E-state index in [1.807, 2.05) is 0 Å². The molecule has 0 atom stereocenters. The van der Waals surface area contributed by atoms with E-state index in [1.54, 1.807) is 11.1 Å². The predicted molar refractivity (Wildman–Crippen MR) is 232 cm³/mol. The standard InChI is InChI=1S/C53H66/c1-8-10-12-14-19-42-36-43(20-15-13-11-9-2)38-47(37-42)53(50-34-39(3)21-31-48(50)49-32-22-40(4)35-51(49)53)33-17-16-18-41-23-25-44(26-24-41)45-27-29-46(30-28-45)52(5,6)7/h21-32,34-38H,8-20,33H2,1-7H3. The van der Waals surface area contributed by atoms with Gasteiger partial charge in [0.15, 0.2) is 0 Å². The van der Waals surface area contributed by atoms with Gasteiger partial charge >= 0.3 is 0 Å². The summed E-state index contributed by atoms with van der Waals surface area (Å²) in [5.74, 6) is 0. The van der Waals surface area contributed by atoms with E-state index in [9.17, 15) is 0 Å². The summed E-state index contributed by atoms with van der Waals surface area (Å²) in [7, 11) is 0. The van der Waals surface area contributed by atoms with Crippen LogP contribution < -0.4 is 0 Å². The summed E-state index contributed by atoms with van der Waals surface area (Å²) in [4.78, 5) is 0. The zero-order chi connectivity index (χ0) is 37.4. The summed E-state index contributed by atoms with van der Waals surface area (Å²) >= 11 is 0. The number of hydrogen-bond acceptors (Lipinski definition) is 0. The first-order valence-electron chi connectivity index (χ1n) is 21.2. The van der Waals surface area contributed by atoms with Crippen LogP contribution in [0.4, 0.5) is 0 Å². The van der Waals surface area contributed by atoms with Crippen molar-refractivity contribution >= 4 is 0 Å². The molecule has 5 aromatic rings. The Morgan fingerprint density at radius 2 is 0.925 bits per heavy atom. The van der Waals surface area contributed by atoms with Crippen molar-refractivity contribution in [2.24, 2.45) is 0 Å². The van der Waals surface area contributed by atoms with Crippen LogP contribution in [-0.2, 0) is 30.1 Å². The van der Waals surface area contributed by atoms with Crippen LogP contribution in [0.5, 0.6) is 0 Å². The minimum Gasteiger partial charge on any atom is -0.0654 e. The van der Waals surface area contributed by atoms with E-state index >= 15 is 0 Å². The number of fused-ring (bicyclic) bond motifs is 3. The van der Waals surface area contributed by atoms with Crippen molar-refractivity contribution in [2.75, 3.05) is 0 Å². The van der Waals surface area contributed by atoms with Gasteiger partial charge in [-0.05, 0) is 125 Å². The third-order valence-corrected chi connectivity index (χ3v) is 12.0. The Balaban J connectivity index is 1.31. The smallest absolute Gasteiger partial charge is 0.0464 e. The van der Waals surface area contributed by atoms with E-state index in [-0.39, 0.29) is 10.8 Å². The molecule has 5 aromatic carbocycles. The first-order chi connectivity index (χ1) is 25.6. The number of unbranched alkanes of at least 4 members (excludes halogenated alkanes) is 7. The molecule has 0 saturated heterocycles. The summed E-state index contributed by atoms with van der Waals surface area (Å²) in [5, 5.41) is 0. The van der Waals surface area contributed by atoms with E-state index in [0.29, 0.717) is 0 Å². The second-order valence-corrected chi connectivity index (χ2v) is 17.4. The van der Waals surface area contributed by atoms with Crippen molar-refractivity contribution in [3.8, 4) is 22.3 Å². The largest absolute Gasteiger partial charge is 0.0654 e. The van der Waals surface area contributed by atoms with Crippen LogP contribution in [0.25, 0.3) is 22.3 Å². The molecular weight excluding hydrogens is 637 g/mol. The molecular formula is C53H66. The highest BCUT2D eigenvalue weighted by Crippen LogP contribution is 2.56. The average Bonchev–Trinajstić information content (AvgIpc) is 3.42. The average molecular weight is 703 g/mol. The monoisotopic (exact) mass is 703 g/mol. The van der Waals surface area contributed by atoms with Gasteiger partial charge in [-0.1, -0.05) is 194 Å². The second kappa shape index (κ2) is 17.5. The lowest BCUT2D eigenvalue weighted by Gasteiger charge is -2.34. The van der Waals surface area contributed by atoms with Gasteiger partial charge in [0.1, 0.15) is 0 Å². The molecule has 1 aliphatic rings. The van der Waals surface area contributed by atoms with Gasteiger partial charge < -0.3 is 0 Å². The molecule has 0 heterocycles. The first kappa shape index (κ1) is 38.8. The molecule has 0 N–H and O–H groups in total. The van der Waals surface area contributed by atoms with Crippen molar-refractivity contribution in [1.29, 1.82) is 0 Å². The van der Waals surface area contributed by atoms with E-state index < -0.39 is 0 Å². The van der Waals surface area contributed by atoms with Crippen LogP contribution in [0.15, 0.2) is 103 Å². The molecule has 0 saturated carbocycles. The van der Waals surface area contributed by atoms with Gasteiger partial charge in [-0.3, -0.25) is 0 Å². The Kier molecular flexibility index (Phi) is 12.8. The Hall–Kier alpha value is -3.90. The van der Waals surface area contributed by atoms with E-state index in [1.165, 1.54) is 138 Å². The van der Waals surface area contributed by atoms with Crippen molar-refractivity contribution in [3.63, 3.8) is 0 Å². The minimum absolute atomic E-state index is 0.136. The van der Waals surface area contributed by atoms with Gasteiger partial charge in [-0.2, -0.15) is 0 Å². The zero-order valence-electron chi connectivity index (χ0n) is 34.2. The van der Waals surface area contributed by atoms with E-state index in [4.69, 9.17) is 0 Å². The maximum Gasteiger partial charge on any atom is 0.0464 e. The second-order valence-electron chi connectivity index (χ2n) is 17.4. The lowest BCUT2D eigenvalue weighted by molar-refractivity contribution is 0.526. The molecule has 0 heteroatoms. The molecule has 278 valence electrons. The minimum atomic E-state index is -0.136. The van der Waals surface area contributed by atoms with Crippen molar-refractivity contribution in [1.82, 2.24) is 0 Å². The Morgan fingerprint density at radius 3 is 1.42 bits per heavy atom. The summed E-state index contributed by atoms with van der Waals surface area (Å²) in [5.41, 5.74) is 18.8. The Labute approximate surface area is 323 Å². The van der Waals surface area contributed by atoms with Crippen molar-refractivity contribution in [2.45, 2.75) is 149 Å². The molecule has 0 radical (unpaired) electrons. The predicted octanol–water partition coefficient (Wildman–Crippen LogP) is 15.2. The van der Waals surface area contributed by atoms with E-state index in [2.05, 4.69) is 152 Å². The molecule has 0 amide bonds. The lowest BCUT2D eigenvalue weighted by Crippen LogP contribution is -2.28. The van der Waals surface area contributed by atoms with Crippen LogP contribution >= 0.6 is 0 Å². The van der Waals surface area contributed by atoms with E-state index in [0.717, 1.165) is 12.8 Å². The molecule has 0 bridgehead atoms. The van der Waals surface area contributed by atoms with Gasteiger partial charge in [-0.25, -0.2) is 0 Å². The molecule has 6 rings (SSSR count). The molecule has 0 unspecified atom stereocenters. The number of rotatable bonds is 17. The topological polar surface area (TPSA) is 0 Å². The number of benzene rings is 5. The van der Waals surface area contributed by atoms with Gasteiger partial charge in [0.05, 0.1) is 0 Å². The van der Waals surface area contributed by atoms with Crippen LogP contribution in [0.1, 0.15) is 155 Å². The van der Waals surface area contributed by atoms with Crippen LogP contribution in [0.2, 0.25) is 0 Å². The molecule has 0 nitrogen and oxygen atoms in total. The quantitative estimate of drug-likeness (QED) is 0.0846. The third kappa shape index (κ3) is 9.08. The van der Waals surface area contributed by atoms with Crippen LogP contribution in [0.3, 0.4) is 0 Å². The highest BCUT2D eigenvalue weighted by molar-refractivity contribution is 5.84. The lowest BCUT2D eigenvalue weighted by atomic mass is 9.68. The Morgan fingerprint density at radius 1 is 0.453 bits per heavy atom. The van der Waals surface area contributed by atoms with Crippen molar-refractivity contribution in [3.05, 3.63) is 153 Å². The third-order valence-electron chi connectivity index (χ3n) is 12.0. The molecule has 0 spiro atoms. The fourth-order valence-electron chi connectivity index (χ4n) is 8.92. The maximum atomic E-state index is 2.64. The van der Waals surface area contributed by atoms with Crippen LogP contribution in [0, 0.1) is 13.8 Å². The van der Waals surface area contributed by atoms with Crippen LogP contribution in [-0.4, -0.2) is 0 Å². The highest BCUT2D eigenvalue weighted by atomic mass is 14.5. The summed E-state index contributed by atoms with van der Waals surface area (Å²) in [6, 6.07) is 40.9. The van der Waals surface area contributed by atoms with Gasteiger partial charge in [-0.15, -0.1) is 0 Å².